The molecule has 0 spiro atoms. The molecule has 0 aliphatic carbocycles. The van der Waals surface area contributed by atoms with E-state index >= 15 is 0 Å². The molecule has 23 heavy (non-hydrogen) atoms. The van der Waals surface area contributed by atoms with Crippen molar-refractivity contribution >= 4 is 27.5 Å². The molecule has 8 heteroatoms. The lowest BCUT2D eigenvalue weighted by molar-refractivity contribution is -0.120. The fourth-order valence-corrected chi connectivity index (χ4v) is 4.06. The standard InChI is InChI=1S/C15H21N3O4S/c1-11(19)16-13-3-5-15(6-4-13)23(21,22)18-9-7-14(8-10-18)17-12(2)20/h3-6,14H,7-10H2,1-2H3,(H,16,19)(H,17,20). The summed E-state index contributed by atoms with van der Waals surface area (Å²) in [5.74, 6) is -0.305. The molecule has 0 atom stereocenters. The van der Waals surface area contributed by atoms with E-state index in [9.17, 15) is 18.0 Å². The summed E-state index contributed by atoms with van der Waals surface area (Å²) < 4.78 is 26.6. The van der Waals surface area contributed by atoms with Crippen molar-refractivity contribution in [2.24, 2.45) is 0 Å². The molecule has 1 aromatic rings. The van der Waals surface area contributed by atoms with Gasteiger partial charge in [0.1, 0.15) is 0 Å². The number of carbonyl (C=O) groups is 2. The number of anilines is 1. The number of carbonyl (C=O) groups excluding carboxylic acids is 2. The smallest absolute Gasteiger partial charge is 0.243 e. The first kappa shape index (κ1) is 17.4. The number of rotatable bonds is 4. The van der Waals surface area contributed by atoms with E-state index in [1.165, 1.54) is 30.3 Å². The van der Waals surface area contributed by atoms with E-state index in [1.807, 2.05) is 0 Å². The third-order valence-electron chi connectivity index (χ3n) is 3.67. The van der Waals surface area contributed by atoms with E-state index in [-0.39, 0.29) is 22.8 Å². The van der Waals surface area contributed by atoms with Crippen molar-refractivity contribution in [2.45, 2.75) is 37.6 Å². The van der Waals surface area contributed by atoms with Crippen molar-refractivity contribution in [1.29, 1.82) is 0 Å². The average Bonchev–Trinajstić information content (AvgIpc) is 2.47. The van der Waals surface area contributed by atoms with Gasteiger partial charge in [-0.05, 0) is 37.1 Å². The van der Waals surface area contributed by atoms with E-state index < -0.39 is 10.0 Å². The van der Waals surface area contributed by atoms with Crippen LogP contribution in [0.1, 0.15) is 26.7 Å². The quantitative estimate of drug-likeness (QED) is 0.853. The minimum Gasteiger partial charge on any atom is -0.354 e. The second-order valence-corrected chi connectivity index (χ2v) is 7.52. The van der Waals surface area contributed by atoms with Crippen LogP contribution in [0.2, 0.25) is 0 Å². The van der Waals surface area contributed by atoms with Crippen LogP contribution >= 0.6 is 0 Å². The first-order valence-electron chi connectivity index (χ1n) is 7.44. The van der Waals surface area contributed by atoms with E-state index in [0.29, 0.717) is 31.6 Å². The summed E-state index contributed by atoms with van der Waals surface area (Å²) in [6.07, 6.45) is 1.20. The van der Waals surface area contributed by atoms with Gasteiger partial charge in [0.2, 0.25) is 21.8 Å². The van der Waals surface area contributed by atoms with Crippen molar-refractivity contribution < 1.29 is 18.0 Å². The summed E-state index contributed by atoms with van der Waals surface area (Å²) >= 11 is 0. The third-order valence-corrected chi connectivity index (χ3v) is 5.59. The Hall–Kier alpha value is -1.93. The van der Waals surface area contributed by atoms with Crippen molar-refractivity contribution in [3.05, 3.63) is 24.3 Å². The topological polar surface area (TPSA) is 95.6 Å². The van der Waals surface area contributed by atoms with E-state index in [4.69, 9.17) is 0 Å². The minimum absolute atomic E-state index is 0.0288. The summed E-state index contributed by atoms with van der Waals surface area (Å²) in [4.78, 5) is 22.2. The number of nitrogens with one attached hydrogen (secondary N) is 2. The van der Waals surface area contributed by atoms with Crippen LogP contribution in [-0.2, 0) is 19.6 Å². The highest BCUT2D eigenvalue weighted by Gasteiger charge is 2.29. The molecule has 7 nitrogen and oxygen atoms in total. The van der Waals surface area contributed by atoms with Gasteiger partial charge in [-0.25, -0.2) is 8.42 Å². The van der Waals surface area contributed by atoms with Gasteiger partial charge in [-0.1, -0.05) is 0 Å². The van der Waals surface area contributed by atoms with Crippen LogP contribution < -0.4 is 10.6 Å². The molecule has 0 aromatic heterocycles. The molecule has 2 amide bonds. The summed E-state index contributed by atoms with van der Waals surface area (Å²) in [6.45, 7) is 3.60. The minimum atomic E-state index is -3.55. The number of hydrogen-bond acceptors (Lipinski definition) is 4. The predicted octanol–water partition coefficient (Wildman–Crippen LogP) is 0.934. The zero-order valence-corrected chi connectivity index (χ0v) is 14.0. The molecule has 0 saturated carbocycles. The van der Waals surface area contributed by atoms with E-state index in [0.717, 1.165) is 0 Å². The second-order valence-electron chi connectivity index (χ2n) is 5.58. The number of amides is 2. The lowest BCUT2D eigenvalue weighted by Gasteiger charge is -2.31. The van der Waals surface area contributed by atoms with Gasteiger partial charge < -0.3 is 10.6 Å². The Morgan fingerprint density at radius 2 is 1.61 bits per heavy atom. The van der Waals surface area contributed by atoms with Crippen LogP contribution in [0.3, 0.4) is 0 Å². The highest BCUT2D eigenvalue weighted by Crippen LogP contribution is 2.22. The van der Waals surface area contributed by atoms with Crippen molar-refractivity contribution in [1.82, 2.24) is 9.62 Å². The van der Waals surface area contributed by atoms with Crippen LogP contribution in [0.4, 0.5) is 5.69 Å². The Balaban J connectivity index is 2.04. The lowest BCUT2D eigenvalue weighted by atomic mass is 10.1. The van der Waals surface area contributed by atoms with E-state index in [1.54, 1.807) is 12.1 Å². The van der Waals surface area contributed by atoms with Gasteiger partial charge in [0.05, 0.1) is 4.90 Å². The molecule has 2 rings (SSSR count). The summed E-state index contributed by atoms with van der Waals surface area (Å²) in [6, 6.07) is 6.14. The molecule has 0 bridgehead atoms. The Morgan fingerprint density at radius 3 is 2.09 bits per heavy atom. The Kier molecular flexibility index (Phi) is 5.38. The van der Waals surface area contributed by atoms with Crippen molar-refractivity contribution in [3.8, 4) is 0 Å². The summed E-state index contributed by atoms with van der Waals surface area (Å²) in [5, 5.41) is 5.42. The third kappa shape index (κ3) is 4.52. The maximum atomic E-state index is 12.6. The Bertz CT molecular complexity index is 677. The zero-order chi connectivity index (χ0) is 17.0. The first-order valence-corrected chi connectivity index (χ1v) is 8.88. The Labute approximate surface area is 136 Å². The maximum Gasteiger partial charge on any atom is 0.243 e. The molecule has 1 saturated heterocycles. The molecule has 1 fully saturated rings. The summed E-state index contributed by atoms with van der Waals surface area (Å²) in [5.41, 5.74) is 0.556. The molecule has 1 aliphatic heterocycles. The summed E-state index contributed by atoms with van der Waals surface area (Å²) in [7, 11) is -3.55. The predicted molar refractivity (Wildman–Crippen MR) is 86.3 cm³/mol. The second kappa shape index (κ2) is 7.10. The molecular formula is C15H21N3O4S. The number of sulfonamides is 1. The number of piperidine rings is 1. The zero-order valence-electron chi connectivity index (χ0n) is 13.2. The van der Waals surface area contributed by atoms with Crippen LogP contribution in [0.15, 0.2) is 29.2 Å². The van der Waals surface area contributed by atoms with Gasteiger partial charge in [0, 0.05) is 38.7 Å². The molecule has 1 aliphatic rings. The average molecular weight is 339 g/mol. The highest BCUT2D eigenvalue weighted by molar-refractivity contribution is 7.89. The van der Waals surface area contributed by atoms with Crippen LogP contribution in [0.5, 0.6) is 0 Å². The number of hydrogen-bond donors (Lipinski definition) is 2. The SMILES string of the molecule is CC(=O)Nc1ccc(S(=O)(=O)N2CCC(NC(C)=O)CC2)cc1. The molecule has 1 heterocycles. The van der Waals surface area contributed by atoms with Crippen LogP contribution in [0, 0.1) is 0 Å². The molecule has 2 N–H and O–H groups in total. The van der Waals surface area contributed by atoms with Crippen LogP contribution in [0.25, 0.3) is 0 Å². The molecule has 0 unspecified atom stereocenters. The number of benzene rings is 1. The Morgan fingerprint density at radius 1 is 1.04 bits per heavy atom. The van der Waals surface area contributed by atoms with E-state index in [2.05, 4.69) is 10.6 Å². The van der Waals surface area contributed by atoms with Crippen LogP contribution in [-0.4, -0.2) is 43.7 Å². The largest absolute Gasteiger partial charge is 0.354 e. The van der Waals surface area contributed by atoms with Gasteiger partial charge in [0.15, 0.2) is 0 Å². The monoisotopic (exact) mass is 339 g/mol. The highest BCUT2D eigenvalue weighted by atomic mass is 32.2. The van der Waals surface area contributed by atoms with Gasteiger partial charge in [-0.2, -0.15) is 4.31 Å². The molecule has 126 valence electrons. The number of nitrogens with zero attached hydrogens (tertiary/aromatic N) is 1. The first-order chi connectivity index (χ1) is 10.8. The maximum absolute atomic E-state index is 12.6. The lowest BCUT2D eigenvalue weighted by Crippen LogP contribution is -2.45. The van der Waals surface area contributed by atoms with Crippen molar-refractivity contribution in [3.63, 3.8) is 0 Å². The fourth-order valence-electron chi connectivity index (χ4n) is 2.59. The van der Waals surface area contributed by atoms with Crippen molar-refractivity contribution in [2.75, 3.05) is 18.4 Å². The molecule has 0 radical (unpaired) electrons. The fraction of sp³-hybridized carbons (Fsp3) is 0.467. The normalized spacial score (nSPS) is 16.8. The van der Waals surface area contributed by atoms with Gasteiger partial charge in [-0.3, -0.25) is 9.59 Å². The van der Waals surface area contributed by atoms with Gasteiger partial charge in [0.25, 0.3) is 0 Å². The molecular weight excluding hydrogens is 318 g/mol. The van der Waals surface area contributed by atoms with Gasteiger partial charge >= 0.3 is 0 Å². The molecule has 1 aromatic carbocycles. The van der Waals surface area contributed by atoms with Gasteiger partial charge in [-0.15, -0.1) is 0 Å².